The van der Waals surface area contributed by atoms with E-state index < -0.39 is 20.8 Å². The van der Waals surface area contributed by atoms with Crippen LogP contribution in [-0.4, -0.2) is 35.0 Å². The Balaban J connectivity index is -0.0000000267. The van der Waals surface area contributed by atoms with Gasteiger partial charge in [0.2, 0.25) is 0 Å². The molecule has 1 radical (unpaired) electrons. The molecule has 8 nitrogen and oxygen atoms in total. The Labute approximate surface area is 204 Å². The standard InChI is InChI=1S/2Cs.Mn.2H2O4S/c;;;2*1-5(2,3)4/h;;;2*(H2,1,2,3,4)/q2*+1;+2;;/p-4. The fraction of sp³-hybridized carbons (Fsp3) is 0. The van der Waals surface area contributed by atoms with Crippen molar-refractivity contribution in [2.45, 2.75) is 0 Å². The van der Waals surface area contributed by atoms with Crippen LogP contribution in [0.2, 0.25) is 0 Å². The summed E-state index contributed by atoms with van der Waals surface area (Å²) in [7, 11) is -10.3. The third-order valence-electron chi connectivity index (χ3n) is 0. The average Bonchev–Trinajstić information content (AvgIpc) is 1.12. The number of hydrogen-bond donors (Lipinski definition) is 0. The van der Waals surface area contributed by atoms with Crippen LogP contribution in [0.25, 0.3) is 0 Å². The Morgan fingerprint density at radius 3 is 0.615 bits per heavy atom. The van der Waals surface area contributed by atoms with E-state index in [0.717, 1.165) is 0 Å². The van der Waals surface area contributed by atoms with E-state index in [2.05, 4.69) is 0 Å². The second-order valence-electron chi connectivity index (χ2n) is 0.816. The predicted molar refractivity (Wildman–Crippen MR) is 20.9 cm³/mol. The molecule has 69 valence electrons. The first kappa shape index (κ1) is 30.4. The van der Waals surface area contributed by atoms with Gasteiger partial charge < -0.3 is 18.2 Å². The molecule has 0 aliphatic carbocycles. The van der Waals surface area contributed by atoms with Crippen molar-refractivity contribution in [1.29, 1.82) is 0 Å². The summed E-state index contributed by atoms with van der Waals surface area (Å²) in [4.78, 5) is 0. The van der Waals surface area contributed by atoms with E-state index in [-0.39, 0.29) is 155 Å². The Hall–Kier alpha value is 4.36. The first-order chi connectivity index (χ1) is 4.00. The first-order valence-corrected chi connectivity index (χ1v) is 4.00. The second kappa shape index (κ2) is 14.4. The molecule has 0 aliphatic rings. The van der Waals surface area contributed by atoms with Crippen molar-refractivity contribution >= 4 is 20.8 Å². The maximum Gasteiger partial charge on any atom is 2.00 e. The molecule has 0 unspecified atom stereocenters. The van der Waals surface area contributed by atoms with Gasteiger partial charge >= 0.3 is 155 Å². The fourth-order valence-electron chi connectivity index (χ4n) is 0. The molecular formula is Cs2MnO8S2. The maximum atomic E-state index is 8.52. The molecule has 0 N–H and O–H groups in total. The van der Waals surface area contributed by atoms with Crippen LogP contribution >= 0.6 is 0 Å². The van der Waals surface area contributed by atoms with Crippen molar-refractivity contribution in [3.8, 4) is 0 Å². The van der Waals surface area contributed by atoms with Crippen LogP contribution in [0.3, 0.4) is 0 Å². The minimum Gasteiger partial charge on any atom is -0.759 e. The van der Waals surface area contributed by atoms with Gasteiger partial charge in [-0.1, -0.05) is 0 Å². The third-order valence-corrected chi connectivity index (χ3v) is 0. The smallest absolute Gasteiger partial charge is 0.759 e. The molecule has 0 aromatic heterocycles. The van der Waals surface area contributed by atoms with Crippen LogP contribution in [0.1, 0.15) is 0 Å². The Morgan fingerprint density at radius 1 is 0.615 bits per heavy atom. The van der Waals surface area contributed by atoms with E-state index in [4.69, 9.17) is 35.0 Å². The van der Waals surface area contributed by atoms with Crippen LogP contribution in [0.15, 0.2) is 0 Å². The van der Waals surface area contributed by atoms with E-state index in [9.17, 15) is 0 Å². The quantitative estimate of drug-likeness (QED) is 0.176. The van der Waals surface area contributed by atoms with Gasteiger partial charge in [-0.25, -0.2) is 0 Å². The van der Waals surface area contributed by atoms with Crippen molar-refractivity contribution in [3.63, 3.8) is 0 Å². The normalized spacial score (nSPS) is 8.92. The third kappa shape index (κ3) is 177. The topological polar surface area (TPSA) is 161 Å². The van der Waals surface area contributed by atoms with Gasteiger partial charge in [0.1, 0.15) is 0 Å². The van der Waals surface area contributed by atoms with Crippen molar-refractivity contribution in [2.75, 3.05) is 0 Å². The summed E-state index contributed by atoms with van der Waals surface area (Å²) < 4.78 is 68.2. The van der Waals surface area contributed by atoms with Gasteiger partial charge in [0.15, 0.2) is 0 Å². The fourth-order valence-corrected chi connectivity index (χ4v) is 0. The van der Waals surface area contributed by atoms with Gasteiger partial charge in [0.05, 0.1) is 0 Å². The van der Waals surface area contributed by atoms with Crippen molar-refractivity contribution < 1.29 is 190 Å². The molecule has 0 fully saturated rings. The van der Waals surface area contributed by atoms with Gasteiger partial charge in [0, 0.05) is 20.8 Å². The molecule has 0 aromatic carbocycles. The zero-order valence-corrected chi connectivity index (χ0v) is 21.8. The van der Waals surface area contributed by atoms with Gasteiger partial charge in [0.25, 0.3) is 0 Å². The van der Waals surface area contributed by atoms with E-state index in [1.807, 2.05) is 0 Å². The summed E-state index contributed by atoms with van der Waals surface area (Å²) in [5, 5.41) is 0. The van der Waals surface area contributed by atoms with E-state index >= 15 is 0 Å². The zero-order valence-electron chi connectivity index (χ0n) is 6.46. The predicted octanol–water partition coefficient (Wildman–Crippen LogP) is -8.67. The molecule has 0 amide bonds. The molecule has 0 bridgehead atoms. The number of hydrogen-bond acceptors (Lipinski definition) is 8. The van der Waals surface area contributed by atoms with E-state index in [1.54, 1.807) is 0 Å². The summed E-state index contributed by atoms with van der Waals surface area (Å²) >= 11 is 0. The summed E-state index contributed by atoms with van der Waals surface area (Å²) in [5.74, 6) is 0. The molecule has 0 heterocycles. The number of rotatable bonds is 0. The molecule has 0 saturated heterocycles. The van der Waals surface area contributed by atoms with E-state index in [0.29, 0.717) is 0 Å². The minimum absolute atomic E-state index is 0. The molecule has 0 saturated carbocycles. The van der Waals surface area contributed by atoms with E-state index in [1.165, 1.54) is 0 Å². The molecule has 0 atom stereocenters. The van der Waals surface area contributed by atoms with Crippen LogP contribution in [-0.2, 0) is 37.9 Å². The monoisotopic (exact) mass is 513 g/mol. The second-order valence-corrected chi connectivity index (χ2v) is 2.45. The SMILES string of the molecule is O=S(=O)([O-])[O-].O=S(=O)([O-])[O-].[Cs+].[Cs+].[Mn+2]. The van der Waals surface area contributed by atoms with Crippen molar-refractivity contribution in [2.24, 2.45) is 0 Å². The Kier molecular flexibility index (Phi) is 33.7. The molecule has 0 rings (SSSR count). The summed E-state index contributed by atoms with van der Waals surface area (Å²) in [5.41, 5.74) is 0. The van der Waals surface area contributed by atoms with Crippen molar-refractivity contribution in [1.82, 2.24) is 0 Å². The zero-order chi connectivity index (χ0) is 9.00. The molecule has 13 heavy (non-hydrogen) atoms. The average molecular weight is 513 g/mol. The summed E-state index contributed by atoms with van der Waals surface area (Å²) in [6.07, 6.45) is 0. The van der Waals surface area contributed by atoms with Crippen LogP contribution in [0, 0.1) is 0 Å². The van der Waals surface area contributed by atoms with Crippen LogP contribution < -0.4 is 138 Å². The van der Waals surface area contributed by atoms with Gasteiger partial charge in [-0.15, -0.1) is 0 Å². The maximum absolute atomic E-state index is 8.52. The molecule has 13 heteroatoms. The molecule has 0 aliphatic heterocycles. The molecule has 0 aromatic rings. The van der Waals surface area contributed by atoms with Gasteiger partial charge in [-0.3, -0.25) is 16.8 Å². The first-order valence-electron chi connectivity index (χ1n) is 1.33. The van der Waals surface area contributed by atoms with Crippen LogP contribution in [0.4, 0.5) is 0 Å². The Morgan fingerprint density at radius 2 is 0.615 bits per heavy atom. The molecule has 0 spiro atoms. The minimum atomic E-state index is -5.17. The molecular weight excluding hydrogens is 513 g/mol. The van der Waals surface area contributed by atoms with Crippen molar-refractivity contribution in [3.05, 3.63) is 0 Å². The summed E-state index contributed by atoms with van der Waals surface area (Å²) in [6, 6.07) is 0. The Bertz CT molecular complexity index is 217. The van der Waals surface area contributed by atoms with Crippen LogP contribution in [0.5, 0.6) is 0 Å². The summed E-state index contributed by atoms with van der Waals surface area (Å²) in [6.45, 7) is 0. The van der Waals surface area contributed by atoms with Gasteiger partial charge in [-0.05, 0) is 0 Å². The largest absolute Gasteiger partial charge is 2.00 e. The van der Waals surface area contributed by atoms with Gasteiger partial charge in [-0.2, -0.15) is 0 Å².